The standard InChI is InChI=1S/C82H157NO13/c1-3-5-7-9-11-13-15-17-19-21-23-25-27-29-30-31-32-33-34-35-36-37-38-39-40-41-42-44-46-48-50-52-54-56-58-60-62-64-66-74(87)83-70(69-93-81-79(92)77(90)80(73(68-85)95-81)96-82-78(91)76(89)75(88)72(67-84)94-82)71(86)65-63-61-59-57-55-53-51-49-47-45-43-28-26-24-22-20-18-16-14-12-10-8-6-4-2/h55,57,63,65,70-73,75-82,84-86,88-92H,3-54,56,58-62,64,66-69H2,1-2H3,(H,83,87)/b57-55+,65-63+. The lowest BCUT2D eigenvalue weighted by atomic mass is 9.97. The minimum Gasteiger partial charge on any atom is -0.394 e. The van der Waals surface area contributed by atoms with E-state index in [9.17, 15) is 45.6 Å². The van der Waals surface area contributed by atoms with Crippen LogP contribution in [0.2, 0.25) is 0 Å². The molecule has 2 aliphatic rings. The molecule has 14 heteroatoms. The van der Waals surface area contributed by atoms with Gasteiger partial charge in [0.1, 0.15) is 48.8 Å². The SMILES string of the molecule is CCCCCCCCCCCCCCCCCCCC/C=C/CC/C=C/C(O)C(COC1OC(CO)C(OC2OC(CO)C(O)C(O)C2O)C(O)C1O)NC(=O)CCCCCCCCCCCCCCCCCCCCCCCCCCCCCCCCCCCCCCCC. The Balaban J connectivity index is 1.58. The number of aliphatic hydroxyl groups is 8. The third-order valence-corrected chi connectivity index (χ3v) is 20.6. The van der Waals surface area contributed by atoms with Crippen LogP contribution in [0.3, 0.4) is 0 Å². The smallest absolute Gasteiger partial charge is 0.220 e. The first-order chi connectivity index (χ1) is 47.1. The Morgan fingerprint density at radius 2 is 0.667 bits per heavy atom. The minimum atomic E-state index is -1.79. The maximum absolute atomic E-state index is 13.4. The molecular formula is C82H157NO13. The zero-order valence-electron chi connectivity index (χ0n) is 62.4. The summed E-state index contributed by atoms with van der Waals surface area (Å²) in [6.45, 7) is 2.86. The van der Waals surface area contributed by atoms with Gasteiger partial charge in [-0.2, -0.15) is 0 Å². The molecule has 2 heterocycles. The van der Waals surface area contributed by atoms with Crippen LogP contribution in [0.25, 0.3) is 0 Å². The van der Waals surface area contributed by atoms with Crippen molar-refractivity contribution in [3.63, 3.8) is 0 Å². The molecular weight excluding hydrogens is 1210 g/mol. The number of amides is 1. The molecule has 568 valence electrons. The lowest BCUT2D eigenvalue weighted by Gasteiger charge is -2.46. The van der Waals surface area contributed by atoms with E-state index in [1.54, 1.807) is 6.08 Å². The number of unbranched alkanes of at least 4 members (excludes halogenated alkanes) is 56. The molecule has 12 atom stereocenters. The molecule has 0 aromatic carbocycles. The van der Waals surface area contributed by atoms with Gasteiger partial charge in [0.05, 0.1) is 32.0 Å². The highest BCUT2D eigenvalue weighted by Gasteiger charge is 2.51. The van der Waals surface area contributed by atoms with Gasteiger partial charge in [-0.15, -0.1) is 0 Å². The van der Waals surface area contributed by atoms with Gasteiger partial charge in [-0.1, -0.05) is 385 Å². The van der Waals surface area contributed by atoms with Gasteiger partial charge in [0.15, 0.2) is 12.6 Å². The highest BCUT2D eigenvalue weighted by Crippen LogP contribution is 2.30. The van der Waals surface area contributed by atoms with Crippen LogP contribution in [0.1, 0.15) is 399 Å². The van der Waals surface area contributed by atoms with Gasteiger partial charge in [0.2, 0.25) is 5.91 Å². The number of allylic oxidation sites excluding steroid dienone is 3. The first kappa shape index (κ1) is 90.6. The lowest BCUT2D eigenvalue weighted by molar-refractivity contribution is -0.359. The Morgan fingerprint density at radius 3 is 1.02 bits per heavy atom. The zero-order valence-corrected chi connectivity index (χ0v) is 62.4. The van der Waals surface area contributed by atoms with Crippen molar-refractivity contribution in [3.8, 4) is 0 Å². The van der Waals surface area contributed by atoms with E-state index in [1.165, 1.54) is 334 Å². The van der Waals surface area contributed by atoms with Gasteiger partial charge in [0, 0.05) is 6.42 Å². The summed E-state index contributed by atoms with van der Waals surface area (Å²) in [6, 6.07) is -0.930. The summed E-state index contributed by atoms with van der Waals surface area (Å²) >= 11 is 0. The van der Waals surface area contributed by atoms with Gasteiger partial charge in [-0.3, -0.25) is 4.79 Å². The van der Waals surface area contributed by atoms with Crippen molar-refractivity contribution >= 4 is 5.91 Å². The normalized spacial score (nSPS) is 22.3. The molecule has 0 aliphatic carbocycles. The van der Waals surface area contributed by atoms with E-state index in [0.717, 1.165) is 32.1 Å². The maximum atomic E-state index is 13.4. The molecule has 0 aromatic rings. The van der Waals surface area contributed by atoms with E-state index in [4.69, 9.17) is 18.9 Å². The molecule has 0 bridgehead atoms. The highest BCUT2D eigenvalue weighted by atomic mass is 16.7. The van der Waals surface area contributed by atoms with Gasteiger partial charge < -0.3 is 65.1 Å². The quantitative estimate of drug-likeness (QED) is 0.0204. The van der Waals surface area contributed by atoms with Gasteiger partial charge >= 0.3 is 0 Å². The fraction of sp³-hybridized carbons (Fsp3) is 0.939. The molecule has 1 amide bonds. The molecule has 0 aromatic heterocycles. The van der Waals surface area contributed by atoms with Crippen molar-refractivity contribution in [2.75, 3.05) is 19.8 Å². The first-order valence-electron chi connectivity index (χ1n) is 41.6. The third-order valence-electron chi connectivity index (χ3n) is 20.6. The fourth-order valence-corrected chi connectivity index (χ4v) is 14.1. The van der Waals surface area contributed by atoms with Crippen LogP contribution >= 0.6 is 0 Å². The maximum Gasteiger partial charge on any atom is 0.220 e. The molecule has 2 aliphatic heterocycles. The van der Waals surface area contributed by atoms with Gasteiger partial charge in [-0.05, 0) is 32.1 Å². The van der Waals surface area contributed by atoms with Crippen molar-refractivity contribution in [1.29, 1.82) is 0 Å². The van der Waals surface area contributed by atoms with E-state index in [1.807, 2.05) is 6.08 Å². The minimum absolute atomic E-state index is 0.239. The molecule has 2 fully saturated rings. The van der Waals surface area contributed by atoms with Crippen molar-refractivity contribution < 1.29 is 64.6 Å². The number of carbonyl (C=O) groups excluding carboxylic acids is 1. The number of nitrogens with one attached hydrogen (secondary N) is 1. The van der Waals surface area contributed by atoms with Crippen molar-refractivity contribution in [2.24, 2.45) is 0 Å². The molecule has 9 N–H and O–H groups in total. The average molecular weight is 1370 g/mol. The molecule has 14 nitrogen and oxygen atoms in total. The van der Waals surface area contributed by atoms with Gasteiger partial charge in [-0.25, -0.2) is 0 Å². The summed E-state index contributed by atoms with van der Waals surface area (Å²) in [5.41, 5.74) is 0. The van der Waals surface area contributed by atoms with E-state index < -0.39 is 86.8 Å². The van der Waals surface area contributed by atoms with Crippen molar-refractivity contribution in [1.82, 2.24) is 5.32 Å². The number of aliphatic hydroxyl groups excluding tert-OH is 8. The topological polar surface area (TPSA) is 228 Å². The average Bonchev–Trinajstić information content (AvgIpc) is 0.796. The summed E-state index contributed by atoms with van der Waals surface area (Å²) in [6.07, 6.45) is 70.1. The predicted molar refractivity (Wildman–Crippen MR) is 397 cm³/mol. The van der Waals surface area contributed by atoms with Gasteiger partial charge in [0.25, 0.3) is 0 Å². The Hall–Kier alpha value is -1.53. The molecule has 2 rings (SSSR count). The van der Waals surface area contributed by atoms with E-state index in [2.05, 4.69) is 31.3 Å². The fourth-order valence-electron chi connectivity index (χ4n) is 14.1. The van der Waals surface area contributed by atoms with E-state index in [-0.39, 0.29) is 18.9 Å². The summed E-state index contributed by atoms with van der Waals surface area (Å²) in [7, 11) is 0. The third kappa shape index (κ3) is 49.1. The first-order valence-corrected chi connectivity index (χ1v) is 41.6. The second-order valence-electron chi connectivity index (χ2n) is 29.6. The van der Waals surface area contributed by atoms with Crippen LogP contribution < -0.4 is 5.32 Å². The largest absolute Gasteiger partial charge is 0.394 e. The highest BCUT2D eigenvalue weighted by molar-refractivity contribution is 5.76. The summed E-state index contributed by atoms with van der Waals surface area (Å²) in [4.78, 5) is 13.4. The van der Waals surface area contributed by atoms with E-state index in [0.29, 0.717) is 12.8 Å². The van der Waals surface area contributed by atoms with Crippen LogP contribution in [-0.4, -0.2) is 140 Å². The summed E-state index contributed by atoms with van der Waals surface area (Å²) < 4.78 is 22.9. The Labute approximate surface area is 589 Å². The molecule has 12 unspecified atom stereocenters. The molecule has 0 saturated carbocycles. The van der Waals surface area contributed by atoms with Crippen molar-refractivity contribution in [2.45, 2.75) is 473 Å². The monoisotopic (exact) mass is 1360 g/mol. The lowest BCUT2D eigenvalue weighted by Crippen LogP contribution is -2.65. The molecule has 0 radical (unpaired) electrons. The van der Waals surface area contributed by atoms with Crippen LogP contribution in [-0.2, 0) is 23.7 Å². The Morgan fingerprint density at radius 1 is 0.365 bits per heavy atom. The number of carbonyl (C=O) groups is 1. The second kappa shape index (κ2) is 66.7. The number of ether oxygens (including phenoxy) is 4. The zero-order chi connectivity index (χ0) is 69.4. The number of hydrogen-bond acceptors (Lipinski definition) is 13. The number of hydrogen-bond donors (Lipinski definition) is 9. The van der Waals surface area contributed by atoms with Crippen LogP contribution in [0.4, 0.5) is 0 Å². The van der Waals surface area contributed by atoms with Crippen LogP contribution in [0.5, 0.6) is 0 Å². The van der Waals surface area contributed by atoms with Crippen LogP contribution in [0.15, 0.2) is 24.3 Å². The van der Waals surface area contributed by atoms with Crippen molar-refractivity contribution in [3.05, 3.63) is 24.3 Å². The molecule has 96 heavy (non-hydrogen) atoms. The molecule has 2 saturated heterocycles. The van der Waals surface area contributed by atoms with Crippen LogP contribution in [0, 0.1) is 0 Å². The molecule has 0 spiro atoms. The number of rotatable bonds is 71. The Kier molecular flexibility index (Phi) is 62.9. The summed E-state index contributed by atoms with van der Waals surface area (Å²) in [5.74, 6) is -0.239. The Bertz CT molecular complexity index is 1700. The summed E-state index contributed by atoms with van der Waals surface area (Å²) in [5, 5.41) is 87.6. The predicted octanol–water partition coefficient (Wildman–Crippen LogP) is 19.0. The second-order valence-corrected chi connectivity index (χ2v) is 29.6. The van der Waals surface area contributed by atoms with E-state index >= 15 is 0 Å².